The van der Waals surface area contributed by atoms with Gasteiger partial charge in [0, 0.05) is 13.1 Å². The number of ether oxygens (including phenoxy) is 1. The Bertz CT molecular complexity index is 883. The molecule has 10 nitrogen and oxygen atoms in total. The van der Waals surface area contributed by atoms with Crippen molar-refractivity contribution in [3.8, 4) is 0 Å². The van der Waals surface area contributed by atoms with Crippen molar-refractivity contribution < 1.29 is 28.7 Å². The molecule has 0 bridgehead atoms. The Morgan fingerprint density at radius 3 is 2.41 bits per heavy atom. The molecule has 6 amide bonds. The fourth-order valence-electron chi connectivity index (χ4n) is 3.24. The summed E-state index contributed by atoms with van der Waals surface area (Å²) in [5, 5.41) is 5.08. The quantitative estimate of drug-likeness (QED) is 0.537. The minimum atomic E-state index is -1.31. The lowest BCUT2D eigenvalue weighted by Crippen LogP contribution is -2.44. The van der Waals surface area contributed by atoms with Crippen LogP contribution in [0.5, 0.6) is 0 Å². The number of rotatable bonds is 5. The highest BCUT2D eigenvalue weighted by Gasteiger charge is 2.49. The minimum Gasteiger partial charge on any atom is -0.451 e. The van der Waals surface area contributed by atoms with Gasteiger partial charge in [0.15, 0.2) is 6.10 Å². The lowest BCUT2D eigenvalue weighted by atomic mass is 9.91. The molecule has 0 unspecified atom stereocenters. The molecule has 3 rings (SSSR count). The molecule has 0 aromatic heterocycles. The maximum atomic E-state index is 12.8. The zero-order chi connectivity index (χ0) is 21.3. The number of imide groups is 2. The summed E-state index contributed by atoms with van der Waals surface area (Å²) < 4.78 is 5.04. The third kappa shape index (κ3) is 3.78. The van der Waals surface area contributed by atoms with Crippen LogP contribution in [0.1, 0.15) is 25.0 Å². The molecule has 2 fully saturated rings. The van der Waals surface area contributed by atoms with Crippen LogP contribution < -0.4 is 10.6 Å². The minimum absolute atomic E-state index is 0.182. The summed E-state index contributed by atoms with van der Waals surface area (Å²) in [4.78, 5) is 62.8. The number of hydrogen-bond acceptors (Lipinski definition) is 6. The normalized spacial score (nSPS) is 22.4. The van der Waals surface area contributed by atoms with E-state index >= 15 is 0 Å². The summed E-state index contributed by atoms with van der Waals surface area (Å²) in [7, 11) is 0. The van der Waals surface area contributed by atoms with Gasteiger partial charge in [-0.1, -0.05) is 29.8 Å². The summed E-state index contributed by atoms with van der Waals surface area (Å²) in [5.41, 5.74) is 0.279. The average Bonchev–Trinajstić information content (AvgIpc) is 3.18. The SMILES string of the molecule is Cc1ccc([C@]2(C)NC(=O)N(CC(=O)O[C@H](C)C(=O)N3CCNC3=O)C2=O)cc1. The number of aryl methyl sites for hydroxylation is 1. The van der Waals surface area contributed by atoms with Gasteiger partial charge >= 0.3 is 18.0 Å². The molecule has 29 heavy (non-hydrogen) atoms. The summed E-state index contributed by atoms with van der Waals surface area (Å²) in [6.45, 7) is 4.65. The van der Waals surface area contributed by atoms with E-state index in [9.17, 15) is 24.0 Å². The van der Waals surface area contributed by atoms with Crippen LogP contribution in [0.2, 0.25) is 0 Å². The summed E-state index contributed by atoms with van der Waals surface area (Å²) in [6, 6.07) is 5.82. The first-order valence-electron chi connectivity index (χ1n) is 9.13. The van der Waals surface area contributed by atoms with Gasteiger partial charge in [-0.15, -0.1) is 0 Å². The first kappa shape index (κ1) is 20.3. The van der Waals surface area contributed by atoms with E-state index in [4.69, 9.17) is 4.74 Å². The Morgan fingerprint density at radius 1 is 1.17 bits per heavy atom. The molecule has 0 spiro atoms. The van der Waals surface area contributed by atoms with E-state index < -0.39 is 48.0 Å². The van der Waals surface area contributed by atoms with Crippen LogP contribution in [-0.2, 0) is 24.7 Å². The molecule has 0 radical (unpaired) electrons. The van der Waals surface area contributed by atoms with E-state index in [0.717, 1.165) is 15.4 Å². The number of nitrogens with one attached hydrogen (secondary N) is 2. The Hall–Kier alpha value is -3.43. The number of carbonyl (C=O) groups is 5. The average molecular weight is 402 g/mol. The fourth-order valence-corrected chi connectivity index (χ4v) is 3.24. The van der Waals surface area contributed by atoms with Crippen molar-refractivity contribution in [1.29, 1.82) is 0 Å². The molecule has 2 saturated heterocycles. The topological polar surface area (TPSA) is 125 Å². The number of carbonyl (C=O) groups excluding carboxylic acids is 5. The van der Waals surface area contributed by atoms with Gasteiger partial charge in [-0.3, -0.25) is 24.2 Å². The van der Waals surface area contributed by atoms with Crippen LogP contribution in [0, 0.1) is 6.92 Å². The molecule has 10 heteroatoms. The summed E-state index contributed by atoms with van der Waals surface area (Å²) in [6.07, 6.45) is -1.23. The van der Waals surface area contributed by atoms with E-state index in [-0.39, 0.29) is 6.54 Å². The molecule has 0 saturated carbocycles. The summed E-state index contributed by atoms with van der Waals surface area (Å²) >= 11 is 0. The number of nitrogens with zero attached hydrogens (tertiary/aromatic N) is 2. The molecule has 0 aliphatic carbocycles. The van der Waals surface area contributed by atoms with Crippen LogP contribution in [0.3, 0.4) is 0 Å². The lowest BCUT2D eigenvalue weighted by molar-refractivity contribution is -0.159. The predicted octanol–water partition coefficient (Wildman–Crippen LogP) is 0.246. The van der Waals surface area contributed by atoms with Crippen LogP contribution in [0.25, 0.3) is 0 Å². The molecular formula is C19H22N4O6. The van der Waals surface area contributed by atoms with Crippen LogP contribution in [0.4, 0.5) is 9.59 Å². The lowest BCUT2D eigenvalue weighted by Gasteiger charge is -2.22. The Kier molecular flexibility index (Phi) is 5.27. The van der Waals surface area contributed by atoms with Crippen molar-refractivity contribution in [2.45, 2.75) is 32.4 Å². The standard InChI is InChI=1S/C19H22N4O6/c1-11-4-6-13(7-5-11)19(3)16(26)23(18(28)21-19)10-14(24)29-12(2)15(25)22-9-8-20-17(22)27/h4-7,12H,8-10H2,1-3H3,(H,20,27)(H,21,28)/t12-,19+/m1/s1. The molecule has 2 heterocycles. The van der Waals surface area contributed by atoms with Gasteiger partial charge in [0.25, 0.3) is 11.8 Å². The molecule has 154 valence electrons. The third-order valence-corrected chi connectivity index (χ3v) is 4.97. The highest BCUT2D eigenvalue weighted by atomic mass is 16.5. The first-order valence-corrected chi connectivity index (χ1v) is 9.13. The molecular weight excluding hydrogens is 380 g/mol. The molecule has 2 aliphatic heterocycles. The monoisotopic (exact) mass is 402 g/mol. The zero-order valence-electron chi connectivity index (χ0n) is 16.4. The number of benzene rings is 1. The first-order chi connectivity index (χ1) is 13.6. The van der Waals surface area contributed by atoms with Gasteiger partial charge in [0.05, 0.1) is 0 Å². The van der Waals surface area contributed by atoms with E-state index in [0.29, 0.717) is 12.1 Å². The van der Waals surface area contributed by atoms with Gasteiger partial charge in [0.2, 0.25) is 0 Å². The van der Waals surface area contributed by atoms with E-state index in [1.54, 1.807) is 19.1 Å². The molecule has 1 aromatic carbocycles. The second-order valence-electron chi connectivity index (χ2n) is 7.17. The van der Waals surface area contributed by atoms with E-state index in [2.05, 4.69) is 10.6 Å². The van der Waals surface area contributed by atoms with Gasteiger partial charge in [0.1, 0.15) is 12.1 Å². The van der Waals surface area contributed by atoms with E-state index in [1.807, 2.05) is 19.1 Å². The molecule has 2 N–H and O–H groups in total. The number of amides is 6. The van der Waals surface area contributed by atoms with Crippen molar-refractivity contribution >= 4 is 29.8 Å². The number of esters is 1. The second-order valence-corrected chi connectivity index (χ2v) is 7.17. The van der Waals surface area contributed by atoms with Gasteiger partial charge in [-0.05, 0) is 26.3 Å². The predicted molar refractivity (Wildman–Crippen MR) is 99.4 cm³/mol. The van der Waals surface area contributed by atoms with E-state index in [1.165, 1.54) is 6.92 Å². The fraction of sp³-hybridized carbons (Fsp3) is 0.421. The van der Waals surface area contributed by atoms with Crippen molar-refractivity contribution in [3.05, 3.63) is 35.4 Å². The Morgan fingerprint density at radius 2 is 1.83 bits per heavy atom. The Labute approximate surface area is 167 Å². The maximum Gasteiger partial charge on any atom is 0.327 e. The number of urea groups is 2. The van der Waals surface area contributed by atoms with Gasteiger partial charge in [-0.2, -0.15) is 0 Å². The van der Waals surface area contributed by atoms with Gasteiger partial charge in [-0.25, -0.2) is 9.59 Å². The van der Waals surface area contributed by atoms with Crippen molar-refractivity contribution in [3.63, 3.8) is 0 Å². The second kappa shape index (κ2) is 7.53. The molecule has 2 aliphatic rings. The maximum absolute atomic E-state index is 12.8. The van der Waals surface area contributed by atoms with Crippen molar-refractivity contribution in [1.82, 2.24) is 20.4 Å². The Balaban J connectivity index is 1.65. The third-order valence-electron chi connectivity index (χ3n) is 4.97. The van der Waals surface area contributed by atoms with Gasteiger partial charge < -0.3 is 15.4 Å². The van der Waals surface area contributed by atoms with Crippen LogP contribution in [0.15, 0.2) is 24.3 Å². The summed E-state index contributed by atoms with van der Waals surface area (Å²) in [5.74, 6) is -2.20. The highest BCUT2D eigenvalue weighted by Crippen LogP contribution is 2.29. The smallest absolute Gasteiger partial charge is 0.327 e. The number of hydrogen-bond donors (Lipinski definition) is 2. The zero-order valence-corrected chi connectivity index (χ0v) is 16.4. The molecule has 2 atom stereocenters. The van der Waals surface area contributed by atoms with Crippen molar-refractivity contribution in [2.24, 2.45) is 0 Å². The highest BCUT2D eigenvalue weighted by molar-refractivity contribution is 6.09. The van der Waals surface area contributed by atoms with Crippen LogP contribution >= 0.6 is 0 Å². The van der Waals surface area contributed by atoms with Crippen LogP contribution in [-0.4, -0.2) is 65.4 Å². The van der Waals surface area contributed by atoms with Crippen molar-refractivity contribution in [2.75, 3.05) is 19.6 Å². The largest absolute Gasteiger partial charge is 0.451 e. The molecule has 1 aromatic rings.